The van der Waals surface area contributed by atoms with Crippen LogP contribution in [-0.4, -0.2) is 49.0 Å². The Balaban J connectivity index is 1.19. The summed E-state index contributed by atoms with van der Waals surface area (Å²) in [7, 11) is 0. The number of carboxylic acids is 1. The molecule has 1 fully saturated rings. The Morgan fingerprint density at radius 1 is 1.22 bits per heavy atom. The normalized spacial score (nSPS) is 20.2. The van der Waals surface area contributed by atoms with Crippen LogP contribution in [0, 0.1) is 5.92 Å². The van der Waals surface area contributed by atoms with E-state index in [1.165, 1.54) is 5.56 Å². The predicted molar refractivity (Wildman–Crippen MR) is 153 cm³/mol. The van der Waals surface area contributed by atoms with Gasteiger partial charge in [-0.2, -0.15) is 0 Å². The number of anilines is 1. The number of aromatic nitrogens is 2. The fourth-order valence-corrected chi connectivity index (χ4v) is 6.94. The number of amides is 1. The number of carboxylic acid groups (broad SMARTS) is 1. The molecule has 2 aliphatic rings. The molecule has 2 aromatic heterocycles. The van der Waals surface area contributed by atoms with Crippen molar-refractivity contribution in [3.05, 3.63) is 65.5 Å². The van der Waals surface area contributed by atoms with Gasteiger partial charge in [0.05, 0.1) is 16.0 Å². The van der Waals surface area contributed by atoms with E-state index < -0.39 is 5.97 Å². The van der Waals surface area contributed by atoms with E-state index in [1.54, 1.807) is 0 Å². The van der Waals surface area contributed by atoms with Gasteiger partial charge in [-0.1, -0.05) is 46.9 Å². The molecule has 0 bridgehead atoms. The molecule has 37 heavy (non-hydrogen) atoms. The number of nitrogens with one attached hydrogen (secondary N) is 1. The molecule has 1 amide bonds. The van der Waals surface area contributed by atoms with Crippen LogP contribution in [0.2, 0.25) is 0 Å². The van der Waals surface area contributed by atoms with Crippen molar-refractivity contribution in [2.24, 2.45) is 5.92 Å². The molecule has 0 aliphatic carbocycles. The van der Waals surface area contributed by atoms with Crippen molar-refractivity contribution in [1.82, 2.24) is 14.9 Å². The minimum absolute atomic E-state index is 0.0552. The Morgan fingerprint density at radius 2 is 2.08 bits per heavy atom. The van der Waals surface area contributed by atoms with Gasteiger partial charge in [-0.15, -0.1) is 0 Å². The highest BCUT2D eigenvalue weighted by Gasteiger charge is 2.35. The van der Waals surface area contributed by atoms with E-state index in [0.717, 1.165) is 73.0 Å². The lowest BCUT2D eigenvalue weighted by Crippen LogP contribution is -2.44. The van der Waals surface area contributed by atoms with E-state index in [2.05, 4.69) is 51.1 Å². The summed E-state index contributed by atoms with van der Waals surface area (Å²) in [5, 5.41) is 14.1. The van der Waals surface area contributed by atoms with E-state index in [-0.39, 0.29) is 28.2 Å². The Labute approximate surface area is 231 Å². The number of likely N-dealkylation sites (tertiary alicyclic amines) is 1. The summed E-state index contributed by atoms with van der Waals surface area (Å²) in [6, 6.07) is 14.3. The highest BCUT2D eigenvalue weighted by molar-refractivity contribution is 14.1. The standard InChI is InChI=1S/C29H33IN4O3/c30-26-16-20(24(17-28(36)37)22-15-21-5-1-2-8-25(21)32-18-22)12-14-34(26)27(35)9-3-7-23-11-10-19-6-4-13-31-29(19)33-23/h1-2,5,8,10-11,15,18,20,24,26H,3-4,6-7,9,12-14,16-17H2,(H,31,33)(H,36,37). The smallest absolute Gasteiger partial charge is 0.303 e. The number of para-hydroxylation sites is 1. The van der Waals surface area contributed by atoms with Crippen molar-refractivity contribution in [2.45, 2.75) is 61.3 Å². The zero-order valence-electron chi connectivity index (χ0n) is 20.9. The molecule has 0 saturated carbocycles. The first kappa shape index (κ1) is 25.9. The molecule has 2 aliphatic heterocycles. The number of alkyl halides is 1. The molecule has 0 radical (unpaired) electrons. The Hall–Kier alpha value is -2.75. The van der Waals surface area contributed by atoms with Gasteiger partial charge in [0.25, 0.3) is 0 Å². The SMILES string of the molecule is O=C(O)CC(c1cnc2ccccc2c1)C1CCN(C(=O)CCCc2ccc3c(n2)NCCC3)C(I)C1. The molecule has 194 valence electrons. The van der Waals surface area contributed by atoms with Crippen LogP contribution < -0.4 is 5.32 Å². The van der Waals surface area contributed by atoms with E-state index in [1.807, 2.05) is 35.4 Å². The molecule has 4 heterocycles. The number of aliphatic carboxylic acids is 1. The second kappa shape index (κ2) is 11.8. The van der Waals surface area contributed by atoms with Gasteiger partial charge in [0, 0.05) is 36.8 Å². The molecule has 0 spiro atoms. The van der Waals surface area contributed by atoms with E-state index in [0.29, 0.717) is 13.0 Å². The summed E-state index contributed by atoms with van der Waals surface area (Å²) in [5.41, 5.74) is 4.20. The molecule has 3 atom stereocenters. The molecule has 5 rings (SSSR count). The number of rotatable bonds is 8. The number of carbonyl (C=O) groups excluding carboxylic acids is 1. The molecule has 3 unspecified atom stereocenters. The quantitative estimate of drug-likeness (QED) is 0.196. The molecule has 3 aromatic rings. The molecule has 8 heteroatoms. The minimum atomic E-state index is -0.798. The van der Waals surface area contributed by atoms with Crippen LogP contribution in [0.3, 0.4) is 0 Å². The summed E-state index contributed by atoms with van der Waals surface area (Å²) in [5.74, 6) is 0.454. The van der Waals surface area contributed by atoms with Crippen molar-refractivity contribution in [3.8, 4) is 0 Å². The first-order chi connectivity index (χ1) is 18.0. The van der Waals surface area contributed by atoms with Gasteiger partial charge in [-0.25, -0.2) is 4.98 Å². The number of halogens is 1. The van der Waals surface area contributed by atoms with Crippen molar-refractivity contribution in [1.29, 1.82) is 0 Å². The van der Waals surface area contributed by atoms with Crippen molar-refractivity contribution >= 4 is 51.2 Å². The lowest BCUT2D eigenvalue weighted by atomic mass is 9.78. The second-order valence-corrected chi connectivity index (χ2v) is 11.6. The molecule has 2 N–H and O–H groups in total. The predicted octanol–water partition coefficient (Wildman–Crippen LogP) is 5.57. The third-order valence-corrected chi connectivity index (χ3v) is 8.86. The maximum Gasteiger partial charge on any atom is 0.303 e. The largest absolute Gasteiger partial charge is 0.481 e. The van der Waals surface area contributed by atoms with Crippen molar-refractivity contribution in [2.75, 3.05) is 18.4 Å². The molecule has 7 nitrogen and oxygen atoms in total. The zero-order valence-corrected chi connectivity index (χ0v) is 23.1. The minimum Gasteiger partial charge on any atom is -0.481 e. The topological polar surface area (TPSA) is 95.4 Å². The zero-order chi connectivity index (χ0) is 25.8. The number of piperidine rings is 1. The number of fused-ring (bicyclic) bond motifs is 2. The lowest BCUT2D eigenvalue weighted by Gasteiger charge is -2.39. The summed E-state index contributed by atoms with van der Waals surface area (Å²) in [6.45, 7) is 1.63. The third-order valence-electron chi connectivity index (χ3n) is 7.68. The highest BCUT2D eigenvalue weighted by Crippen LogP contribution is 2.39. The van der Waals surface area contributed by atoms with Crippen LogP contribution in [0.25, 0.3) is 10.9 Å². The number of carbonyl (C=O) groups is 2. The van der Waals surface area contributed by atoms with Crippen LogP contribution in [0.4, 0.5) is 5.82 Å². The molecular weight excluding hydrogens is 579 g/mol. The van der Waals surface area contributed by atoms with Crippen LogP contribution in [0.15, 0.2) is 48.7 Å². The highest BCUT2D eigenvalue weighted by atomic mass is 127. The summed E-state index contributed by atoms with van der Waals surface area (Å²) >= 11 is 2.36. The van der Waals surface area contributed by atoms with Gasteiger partial charge in [-0.3, -0.25) is 14.6 Å². The van der Waals surface area contributed by atoms with Gasteiger partial charge in [0.1, 0.15) is 5.82 Å². The van der Waals surface area contributed by atoms with Gasteiger partial charge >= 0.3 is 5.97 Å². The number of hydrogen-bond acceptors (Lipinski definition) is 5. The third kappa shape index (κ3) is 6.22. The number of benzene rings is 1. The second-order valence-electron chi connectivity index (χ2n) is 10.2. The fourth-order valence-electron chi connectivity index (χ4n) is 5.69. The van der Waals surface area contributed by atoms with Crippen LogP contribution in [0.5, 0.6) is 0 Å². The van der Waals surface area contributed by atoms with Crippen molar-refractivity contribution in [3.63, 3.8) is 0 Å². The fraction of sp³-hybridized carbons (Fsp3) is 0.448. The summed E-state index contributed by atoms with van der Waals surface area (Å²) < 4.78 is 0.0552. The Morgan fingerprint density at radius 3 is 2.92 bits per heavy atom. The van der Waals surface area contributed by atoms with Crippen LogP contribution >= 0.6 is 22.6 Å². The van der Waals surface area contributed by atoms with Gasteiger partial charge in [0.15, 0.2) is 0 Å². The maximum absolute atomic E-state index is 13.1. The lowest BCUT2D eigenvalue weighted by molar-refractivity contribution is -0.138. The van der Waals surface area contributed by atoms with Crippen LogP contribution in [0.1, 0.15) is 61.3 Å². The molecule has 1 saturated heterocycles. The van der Waals surface area contributed by atoms with Gasteiger partial charge in [-0.05, 0) is 79.7 Å². The Bertz CT molecular complexity index is 1280. The Kier molecular flexibility index (Phi) is 8.22. The van der Waals surface area contributed by atoms with Gasteiger partial charge < -0.3 is 15.3 Å². The summed E-state index contributed by atoms with van der Waals surface area (Å²) in [6.07, 6.45) is 7.78. The monoisotopic (exact) mass is 612 g/mol. The first-order valence-corrected chi connectivity index (χ1v) is 14.4. The molecule has 1 aromatic carbocycles. The van der Waals surface area contributed by atoms with E-state index >= 15 is 0 Å². The number of nitrogens with zero attached hydrogens (tertiary/aromatic N) is 3. The van der Waals surface area contributed by atoms with Gasteiger partial charge in [0.2, 0.25) is 5.91 Å². The van der Waals surface area contributed by atoms with Crippen LogP contribution in [-0.2, 0) is 22.4 Å². The number of hydrogen-bond donors (Lipinski definition) is 2. The van der Waals surface area contributed by atoms with E-state index in [9.17, 15) is 14.7 Å². The van der Waals surface area contributed by atoms with E-state index in [4.69, 9.17) is 4.98 Å². The van der Waals surface area contributed by atoms with Crippen molar-refractivity contribution < 1.29 is 14.7 Å². The maximum atomic E-state index is 13.1. The average Bonchev–Trinajstić information content (AvgIpc) is 2.91. The molecular formula is C29H33IN4O3. The first-order valence-electron chi connectivity index (χ1n) is 13.2. The average molecular weight is 613 g/mol. The number of pyridine rings is 2. The summed E-state index contributed by atoms with van der Waals surface area (Å²) in [4.78, 5) is 36.2. The number of aryl methyl sites for hydroxylation is 2.